The van der Waals surface area contributed by atoms with Crippen molar-refractivity contribution in [3.63, 3.8) is 0 Å². The number of allylic oxidation sites excluding steroid dienone is 5. The van der Waals surface area contributed by atoms with Crippen molar-refractivity contribution in [2.45, 2.75) is 91.9 Å². The van der Waals surface area contributed by atoms with Crippen molar-refractivity contribution in [2.75, 3.05) is 13.2 Å². The molecule has 204 valence electrons. The van der Waals surface area contributed by atoms with E-state index in [4.69, 9.17) is 0 Å². The van der Waals surface area contributed by atoms with E-state index in [0.29, 0.717) is 32.4 Å². The average Bonchev–Trinajstić information content (AvgIpc) is 2.82. The Kier molecular flexibility index (Phi) is 12.2. The second-order valence-corrected chi connectivity index (χ2v) is 14.6. The van der Waals surface area contributed by atoms with Crippen LogP contribution in [-0.4, -0.2) is 53.8 Å². The molecule has 0 saturated carbocycles. The van der Waals surface area contributed by atoms with Crippen LogP contribution in [0.4, 0.5) is 0 Å². The molecule has 2 rings (SSSR count). The molecular formula is C28H42O6S2-2. The predicted molar refractivity (Wildman–Crippen MR) is 150 cm³/mol. The van der Waals surface area contributed by atoms with E-state index in [1.807, 2.05) is 27.7 Å². The average molecular weight is 539 g/mol. The van der Waals surface area contributed by atoms with Gasteiger partial charge in [-0.1, -0.05) is 46.6 Å². The number of carbonyl (C=O) groups excluding carboxylic acids is 2. The maximum Gasteiger partial charge on any atom is 0.161 e. The fraction of sp³-hybridized carbons (Fsp3) is 0.643. The van der Waals surface area contributed by atoms with Gasteiger partial charge < -0.3 is 19.3 Å². The summed E-state index contributed by atoms with van der Waals surface area (Å²) in [6.07, 6.45) is 12.4. The van der Waals surface area contributed by atoms with Gasteiger partial charge in [0.05, 0.1) is 0 Å². The van der Waals surface area contributed by atoms with E-state index in [-0.39, 0.29) is 48.5 Å². The Morgan fingerprint density at radius 3 is 1.94 bits per heavy atom. The highest BCUT2D eigenvalue weighted by molar-refractivity contribution is 8.15. The third-order valence-electron chi connectivity index (χ3n) is 6.67. The number of ketones is 2. The largest absolute Gasteiger partial charge is 0.799 e. The zero-order valence-electron chi connectivity index (χ0n) is 22.1. The van der Waals surface area contributed by atoms with Crippen molar-refractivity contribution < 1.29 is 28.9 Å². The maximum atomic E-state index is 13.1. The first-order valence-corrected chi connectivity index (χ1v) is 15.1. The lowest BCUT2D eigenvalue weighted by Gasteiger charge is -2.28. The number of aliphatic hydroxyl groups excluding tert-OH is 2. The van der Waals surface area contributed by atoms with E-state index < -0.39 is 21.5 Å². The second-order valence-electron chi connectivity index (χ2n) is 11.4. The molecule has 2 N–H and O–H groups in total. The van der Waals surface area contributed by atoms with Crippen LogP contribution in [0.25, 0.3) is 0 Å². The molecule has 2 aliphatic rings. The standard InChI is InChI=1S/C28H43O6S2/c1-27(2,19-29)13-7-5-9-23-15-21(31)17-25(35(23)33)11-12-26-18-22(32)16-24(36(26)34)10-6-8-14-28(3,4)20-30/h11-12,15,18,29-30H,5-10,13-14,16-17,19-20H2,1-4H3,(H-,32,33,34)/q-1/p-1. The summed E-state index contributed by atoms with van der Waals surface area (Å²) in [5.41, 5.74) is -0.295. The van der Waals surface area contributed by atoms with E-state index in [1.54, 1.807) is 12.2 Å². The summed E-state index contributed by atoms with van der Waals surface area (Å²) >= 11 is 0. The molecule has 0 bridgehead atoms. The number of hydrogen-bond donors (Lipinski definition) is 2. The van der Waals surface area contributed by atoms with Crippen LogP contribution in [0, 0.1) is 10.8 Å². The summed E-state index contributed by atoms with van der Waals surface area (Å²) in [6.45, 7) is 8.24. The molecule has 2 atom stereocenters. The molecule has 8 heteroatoms. The lowest BCUT2D eigenvalue weighted by molar-refractivity contribution is -0.114. The summed E-state index contributed by atoms with van der Waals surface area (Å²) < 4.78 is 26.1. The summed E-state index contributed by atoms with van der Waals surface area (Å²) in [5, 5.41) is 18.8. The zero-order chi connectivity index (χ0) is 26.9. The van der Waals surface area contributed by atoms with E-state index in [2.05, 4.69) is 0 Å². The normalized spacial score (nSPS) is 21.9. The third-order valence-corrected chi connectivity index (χ3v) is 9.78. The Balaban J connectivity index is 2.05. The van der Waals surface area contributed by atoms with Crippen LogP contribution in [0.15, 0.2) is 34.1 Å². The van der Waals surface area contributed by atoms with Gasteiger partial charge in [-0.25, -0.2) is 21.5 Å². The van der Waals surface area contributed by atoms with Crippen LogP contribution in [0.1, 0.15) is 91.9 Å². The van der Waals surface area contributed by atoms with Gasteiger partial charge in [0.15, 0.2) is 11.6 Å². The predicted octanol–water partition coefficient (Wildman–Crippen LogP) is 5.56. The molecule has 0 fully saturated rings. The van der Waals surface area contributed by atoms with Crippen LogP contribution in [0.2, 0.25) is 0 Å². The lowest BCUT2D eigenvalue weighted by atomic mass is 9.88. The smallest absolute Gasteiger partial charge is 0.161 e. The van der Waals surface area contributed by atoms with Crippen LogP contribution in [0.3, 0.4) is 0 Å². The molecule has 0 radical (unpaired) electrons. The van der Waals surface area contributed by atoms with Gasteiger partial charge in [0.2, 0.25) is 0 Å². The van der Waals surface area contributed by atoms with Crippen LogP contribution in [-0.2, 0) is 9.59 Å². The number of hydrogen-bond acceptors (Lipinski definition) is 6. The molecule has 0 aliphatic carbocycles. The van der Waals surface area contributed by atoms with E-state index in [1.165, 1.54) is 12.2 Å². The number of rotatable bonds is 14. The Labute approximate surface area is 221 Å². The van der Waals surface area contributed by atoms with E-state index >= 15 is 0 Å². The maximum absolute atomic E-state index is 13.1. The molecule has 0 aromatic heterocycles. The highest BCUT2D eigenvalue weighted by Gasteiger charge is 2.18. The van der Waals surface area contributed by atoms with Crippen LogP contribution >= 0.6 is 21.5 Å². The van der Waals surface area contributed by atoms with E-state index in [0.717, 1.165) is 38.5 Å². The highest BCUT2D eigenvalue weighted by atomic mass is 32.2. The fourth-order valence-corrected chi connectivity index (χ4v) is 6.85. The summed E-state index contributed by atoms with van der Waals surface area (Å²) in [4.78, 5) is 26.7. The van der Waals surface area contributed by atoms with Crippen molar-refractivity contribution in [1.82, 2.24) is 0 Å². The van der Waals surface area contributed by atoms with Gasteiger partial charge in [-0.15, -0.1) is 0 Å². The minimum Gasteiger partial charge on any atom is -0.799 e. The number of aliphatic hydroxyl groups is 2. The van der Waals surface area contributed by atoms with Crippen LogP contribution in [0.5, 0.6) is 0 Å². The van der Waals surface area contributed by atoms with Crippen LogP contribution < -0.4 is 0 Å². The van der Waals surface area contributed by atoms with Crippen molar-refractivity contribution in [3.05, 3.63) is 34.1 Å². The van der Waals surface area contributed by atoms with Gasteiger partial charge in [0.25, 0.3) is 0 Å². The molecule has 0 spiro atoms. The Morgan fingerprint density at radius 2 is 1.36 bits per heavy atom. The molecule has 2 unspecified atom stereocenters. The molecule has 0 amide bonds. The van der Waals surface area contributed by atoms with Gasteiger partial charge in [-0.2, -0.15) is 0 Å². The fourth-order valence-electron chi connectivity index (χ4n) is 4.12. The summed E-state index contributed by atoms with van der Waals surface area (Å²) in [6, 6.07) is 0. The molecule has 2 heterocycles. The first kappa shape index (κ1) is 31.1. The van der Waals surface area contributed by atoms with Crippen molar-refractivity contribution in [1.29, 1.82) is 0 Å². The Bertz CT molecular complexity index is 956. The first-order chi connectivity index (χ1) is 16.9. The third kappa shape index (κ3) is 9.95. The van der Waals surface area contributed by atoms with Gasteiger partial charge in [0, 0.05) is 26.1 Å². The number of unbranched alkanes of at least 4 members (excludes halogenated alkanes) is 2. The van der Waals surface area contributed by atoms with Gasteiger partial charge in [-0.05, 0) is 87.1 Å². The van der Waals surface area contributed by atoms with Crippen molar-refractivity contribution in [3.8, 4) is 0 Å². The minimum atomic E-state index is -1.43. The monoisotopic (exact) mass is 538 g/mol. The van der Waals surface area contributed by atoms with Gasteiger partial charge in [0.1, 0.15) is 0 Å². The quantitative estimate of drug-likeness (QED) is 0.170. The second kappa shape index (κ2) is 14.1. The minimum absolute atomic E-state index is 0.0508. The Morgan fingerprint density at radius 1 is 0.806 bits per heavy atom. The molecule has 0 aromatic carbocycles. The summed E-state index contributed by atoms with van der Waals surface area (Å²) in [5.74, 6) is -0.204. The first-order valence-electron chi connectivity index (χ1n) is 12.8. The molecular weight excluding hydrogens is 496 g/mol. The van der Waals surface area contributed by atoms with Crippen molar-refractivity contribution >= 4 is 42.8 Å². The Hall–Kier alpha value is -1.16. The molecule has 2 aliphatic heterocycles. The summed E-state index contributed by atoms with van der Waals surface area (Å²) in [7, 11) is -2.85. The van der Waals surface area contributed by atoms with E-state index in [9.17, 15) is 28.9 Å². The molecule has 6 nitrogen and oxygen atoms in total. The van der Waals surface area contributed by atoms with Gasteiger partial charge >= 0.3 is 0 Å². The lowest BCUT2D eigenvalue weighted by Crippen LogP contribution is -2.17. The molecule has 0 aromatic rings. The highest BCUT2D eigenvalue weighted by Crippen LogP contribution is 2.35. The molecule has 0 saturated heterocycles. The topological polar surface area (TPSA) is 121 Å². The van der Waals surface area contributed by atoms with Crippen molar-refractivity contribution in [2.24, 2.45) is 10.8 Å². The SMILES string of the molecule is CC(C)(CO)CCCCC1=CC(=O)CC(C=CC2=CC(=O)CC(CCCCC(C)(C)CO)=S2[O-])=S1[O-]. The van der Waals surface area contributed by atoms with Gasteiger partial charge in [-0.3, -0.25) is 9.59 Å². The molecule has 36 heavy (non-hydrogen) atoms. The number of carbonyl (C=O) groups is 2. The zero-order valence-corrected chi connectivity index (χ0v) is 23.8.